The molecule has 1 N–H and O–H groups in total. The van der Waals surface area contributed by atoms with Gasteiger partial charge in [-0.2, -0.15) is 9.40 Å². The summed E-state index contributed by atoms with van der Waals surface area (Å²) in [7, 11) is -3.41. The molecule has 0 unspecified atom stereocenters. The number of carbonyl (C=O) groups excluding carboxylic acids is 1. The maximum atomic E-state index is 13.1. The quantitative estimate of drug-likeness (QED) is 0.836. The number of rotatable bonds is 5. The van der Waals surface area contributed by atoms with Crippen molar-refractivity contribution >= 4 is 15.9 Å². The van der Waals surface area contributed by atoms with Crippen molar-refractivity contribution in [1.82, 2.24) is 19.4 Å². The topological polar surface area (TPSA) is 84.3 Å². The number of amides is 1. The van der Waals surface area contributed by atoms with E-state index >= 15 is 0 Å². The molecule has 0 radical (unpaired) electrons. The summed E-state index contributed by atoms with van der Waals surface area (Å²) >= 11 is 0. The van der Waals surface area contributed by atoms with Crippen molar-refractivity contribution in [2.24, 2.45) is 0 Å². The van der Waals surface area contributed by atoms with Crippen LogP contribution in [0, 0.1) is 19.7 Å². The number of carbonyl (C=O) groups is 1. The zero-order chi connectivity index (χ0) is 19.8. The molecule has 2 aromatic rings. The normalized spacial score (nSPS) is 18.0. The van der Waals surface area contributed by atoms with Gasteiger partial charge in [0.1, 0.15) is 11.9 Å². The maximum absolute atomic E-state index is 13.1. The molecule has 1 aromatic heterocycles. The van der Waals surface area contributed by atoms with Crippen LogP contribution in [0.25, 0.3) is 5.69 Å². The summed E-state index contributed by atoms with van der Waals surface area (Å²) in [4.78, 5) is 12.5. The van der Waals surface area contributed by atoms with Gasteiger partial charge in [-0.1, -0.05) is 0 Å². The van der Waals surface area contributed by atoms with E-state index in [9.17, 15) is 17.6 Å². The molecule has 1 atom stereocenters. The third-order valence-electron chi connectivity index (χ3n) is 4.88. The largest absolute Gasteiger partial charge is 0.350 e. The first-order valence-electron chi connectivity index (χ1n) is 8.74. The molecule has 1 amide bonds. The number of aromatic nitrogens is 2. The highest BCUT2D eigenvalue weighted by molar-refractivity contribution is 7.88. The molecule has 1 aliphatic rings. The Bertz CT molecular complexity index is 954. The summed E-state index contributed by atoms with van der Waals surface area (Å²) in [6.45, 7) is 4.35. The van der Waals surface area contributed by atoms with E-state index in [0.717, 1.165) is 28.9 Å². The van der Waals surface area contributed by atoms with E-state index < -0.39 is 16.1 Å². The molecular weight excluding hydrogens is 371 g/mol. The summed E-state index contributed by atoms with van der Waals surface area (Å²) in [5, 5.41) is 7.32. The van der Waals surface area contributed by atoms with Crippen LogP contribution in [0.5, 0.6) is 0 Å². The first-order chi connectivity index (χ1) is 12.7. The fourth-order valence-corrected chi connectivity index (χ4v) is 4.58. The van der Waals surface area contributed by atoms with Gasteiger partial charge in [0.05, 0.1) is 17.6 Å². The minimum atomic E-state index is -3.41. The van der Waals surface area contributed by atoms with Crippen LogP contribution in [0.15, 0.2) is 24.3 Å². The first-order valence-corrected chi connectivity index (χ1v) is 10.6. The fraction of sp³-hybridized carbons (Fsp3) is 0.444. The number of nitrogens with zero attached hydrogens (tertiary/aromatic N) is 3. The Labute approximate surface area is 158 Å². The van der Waals surface area contributed by atoms with Crippen LogP contribution in [0.3, 0.4) is 0 Å². The van der Waals surface area contributed by atoms with E-state index in [-0.39, 0.29) is 18.3 Å². The van der Waals surface area contributed by atoms with Gasteiger partial charge in [-0.05, 0) is 51.0 Å². The van der Waals surface area contributed by atoms with Crippen molar-refractivity contribution in [2.45, 2.75) is 39.3 Å². The molecule has 27 heavy (non-hydrogen) atoms. The molecule has 0 aliphatic carbocycles. The predicted octanol–water partition coefficient (Wildman–Crippen LogP) is 1.67. The fourth-order valence-electron chi connectivity index (χ4n) is 3.46. The SMILES string of the molecule is Cc1nn(-c2ccc(F)cc2)c(C)c1CNC(=O)[C@@H]1CCCN1S(C)(=O)=O. The Hall–Kier alpha value is -2.26. The second kappa shape index (κ2) is 7.40. The summed E-state index contributed by atoms with van der Waals surface area (Å²) in [5.74, 6) is -0.619. The minimum absolute atomic E-state index is 0.256. The highest BCUT2D eigenvalue weighted by Gasteiger charge is 2.36. The summed E-state index contributed by atoms with van der Waals surface area (Å²) < 4.78 is 39.7. The Morgan fingerprint density at radius 1 is 1.30 bits per heavy atom. The van der Waals surface area contributed by atoms with Crippen LogP contribution in [0.1, 0.15) is 29.8 Å². The van der Waals surface area contributed by atoms with Crippen molar-refractivity contribution in [2.75, 3.05) is 12.8 Å². The van der Waals surface area contributed by atoms with Gasteiger partial charge in [0.2, 0.25) is 15.9 Å². The Kier molecular flexibility index (Phi) is 5.34. The van der Waals surface area contributed by atoms with E-state index in [4.69, 9.17) is 0 Å². The van der Waals surface area contributed by atoms with Gasteiger partial charge in [-0.15, -0.1) is 0 Å². The van der Waals surface area contributed by atoms with Gasteiger partial charge in [0, 0.05) is 24.3 Å². The molecule has 3 rings (SSSR count). The lowest BCUT2D eigenvalue weighted by atomic mass is 10.1. The van der Waals surface area contributed by atoms with Gasteiger partial charge in [0.25, 0.3) is 0 Å². The molecule has 0 spiro atoms. The van der Waals surface area contributed by atoms with Gasteiger partial charge < -0.3 is 5.32 Å². The number of halogens is 1. The molecule has 1 fully saturated rings. The van der Waals surface area contributed by atoms with Crippen molar-refractivity contribution in [3.63, 3.8) is 0 Å². The Balaban J connectivity index is 1.75. The van der Waals surface area contributed by atoms with Crippen molar-refractivity contribution in [3.8, 4) is 5.69 Å². The van der Waals surface area contributed by atoms with Gasteiger partial charge in [-0.3, -0.25) is 4.79 Å². The number of benzene rings is 1. The van der Waals surface area contributed by atoms with Crippen molar-refractivity contribution < 1.29 is 17.6 Å². The molecule has 0 saturated carbocycles. The second-order valence-corrected chi connectivity index (χ2v) is 8.72. The second-order valence-electron chi connectivity index (χ2n) is 6.79. The number of hydrogen-bond donors (Lipinski definition) is 1. The molecule has 1 aliphatic heterocycles. The molecule has 7 nitrogen and oxygen atoms in total. The first kappa shape index (κ1) is 19.5. The summed E-state index contributed by atoms with van der Waals surface area (Å²) in [6.07, 6.45) is 2.32. The van der Waals surface area contributed by atoms with Gasteiger partial charge in [-0.25, -0.2) is 17.5 Å². The highest BCUT2D eigenvalue weighted by atomic mass is 32.2. The van der Waals surface area contributed by atoms with Gasteiger partial charge >= 0.3 is 0 Å². The standard InChI is InChI=1S/C18H23FN4O3S/c1-12-16(13(2)23(21-12)15-8-6-14(19)7-9-15)11-20-18(24)17-5-4-10-22(17)27(3,25)26/h6-9,17H,4-5,10-11H2,1-3H3,(H,20,24)/t17-/m0/s1. The van der Waals surface area contributed by atoms with Crippen LogP contribution >= 0.6 is 0 Å². The molecule has 9 heteroatoms. The molecule has 146 valence electrons. The van der Waals surface area contributed by atoms with Crippen LogP contribution < -0.4 is 5.32 Å². The van der Waals surface area contributed by atoms with Crippen molar-refractivity contribution in [3.05, 3.63) is 47.0 Å². The molecule has 1 saturated heterocycles. The Morgan fingerprint density at radius 2 is 1.96 bits per heavy atom. The smallest absolute Gasteiger partial charge is 0.238 e. The van der Waals surface area contributed by atoms with E-state index in [1.54, 1.807) is 16.8 Å². The average Bonchev–Trinajstić information content (AvgIpc) is 3.19. The number of nitrogens with one attached hydrogen (secondary N) is 1. The highest BCUT2D eigenvalue weighted by Crippen LogP contribution is 2.22. The van der Waals surface area contributed by atoms with E-state index in [1.165, 1.54) is 16.4 Å². The number of aryl methyl sites for hydroxylation is 1. The van der Waals surface area contributed by atoms with E-state index in [1.807, 2.05) is 13.8 Å². The van der Waals surface area contributed by atoms with Crippen LogP contribution in [0.2, 0.25) is 0 Å². The average molecular weight is 394 g/mol. The van der Waals surface area contributed by atoms with Gasteiger partial charge in [0.15, 0.2) is 0 Å². The van der Waals surface area contributed by atoms with E-state index in [0.29, 0.717) is 19.4 Å². The molecule has 2 heterocycles. The summed E-state index contributed by atoms with van der Waals surface area (Å²) in [6, 6.07) is 5.35. The monoisotopic (exact) mass is 394 g/mol. The zero-order valence-electron chi connectivity index (χ0n) is 15.6. The lowest BCUT2D eigenvalue weighted by Crippen LogP contribution is -2.45. The molecule has 0 bridgehead atoms. The summed E-state index contributed by atoms with van der Waals surface area (Å²) in [5.41, 5.74) is 3.18. The lowest BCUT2D eigenvalue weighted by Gasteiger charge is -2.21. The lowest BCUT2D eigenvalue weighted by molar-refractivity contribution is -0.124. The number of sulfonamides is 1. The predicted molar refractivity (Wildman–Crippen MR) is 99.4 cm³/mol. The van der Waals surface area contributed by atoms with Crippen LogP contribution in [0.4, 0.5) is 4.39 Å². The third kappa shape index (κ3) is 4.03. The molecule has 1 aromatic carbocycles. The zero-order valence-corrected chi connectivity index (χ0v) is 16.4. The van der Waals surface area contributed by atoms with Crippen molar-refractivity contribution in [1.29, 1.82) is 0 Å². The Morgan fingerprint density at radius 3 is 2.59 bits per heavy atom. The van der Waals surface area contributed by atoms with Crippen LogP contribution in [-0.4, -0.2) is 47.3 Å². The third-order valence-corrected chi connectivity index (χ3v) is 6.17. The van der Waals surface area contributed by atoms with E-state index in [2.05, 4.69) is 10.4 Å². The maximum Gasteiger partial charge on any atom is 0.238 e. The van der Waals surface area contributed by atoms with Crippen LogP contribution in [-0.2, 0) is 21.4 Å². The minimum Gasteiger partial charge on any atom is -0.350 e. The molecular formula is C18H23FN4O3S. The number of hydrogen-bond acceptors (Lipinski definition) is 4.